The summed E-state index contributed by atoms with van der Waals surface area (Å²) < 4.78 is 28.0. The number of sulfone groups is 1. The molecule has 0 radical (unpaired) electrons. The summed E-state index contributed by atoms with van der Waals surface area (Å²) in [6.45, 7) is 5.36. The molecule has 9 heteroatoms. The zero-order valence-corrected chi connectivity index (χ0v) is 25.0. The van der Waals surface area contributed by atoms with Gasteiger partial charge >= 0.3 is 0 Å². The Balaban J connectivity index is 1.73. The van der Waals surface area contributed by atoms with Gasteiger partial charge in [0.2, 0.25) is 5.91 Å². The summed E-state index contributed by atoms with van der Waals surface area (Å²) in [6.07, 6.45) is 1.67. The fourth-order valence-corrected chi connectivity index (χ4v) is 8.44. The second-order valence-electron chi connectivity index (χ2n) is 10.8. The normalized spacial score (nSPS) is 17.4. The Morgan fingerprint density at radius 3 is 2.28 bits per heavy atom. The molecule has 0 saturated carbocycles. The maximum absolute atomic E-state index is 14.0. The third kappa shape index (κ3) is 6.86. The van der Waals surface area contributed by atoms with Gasteiger partial charge in [0.15, 0.2) is 15.6 Å². The van der Waals surface area contributed by atoms with Gasteiger partial charge in [0.1, 0.15) is 0 Å². The van der Waals surface area contributed by atoms with Gasteiger partial charge in [-0.3, -0.25) is 9.59 Å². The van der Waals surface area contributed by atoms with E-state index < -0.39 is 20.6 Å². The number of carbonyl (C=O) groups excluding carboxylic acids is 2. The van der Waals surface area contributed by atoms with E-state index in [-0.39, 0.29) is 44.5 Å². The largest absolute Gasteiger partial charge is 0.351 e. The molecule has 2 atom stereocenters. The predicted molar refractivity (Wildman–Crippen MR) is 157 cm³/mol. The molecule has 0 saturated heterocycles. The highest BCUT2D eigenvalue weighted by Crippen LogP contribution is 2.44. The number of rotatable bonds is 8. The quantitative estimate of drug-likeness (QED) is 0.270. The van der Waals surface area contributed by atoms with Crippen molar-refractivity contribution in [3.63, 3.8) is 0 Å². The van der Waals surface area contributed by atoms with Crippen LogP contribution in [0.4, 0.5) is 0 Å². The van der Waals surface area contributed by atoms with Crippen LogP contribution < -0.4 is 5.32 Å². The number of carbonyl (C=O) groups is 2. The van der Waals surface area contributed by atoms with E-state index in [2.05, 4.69) is 5.32 Å². The van der Waals surface area contributed by atoms with E-state index in [1.54, 1.807) is 36.4 Å². The maximum atomic E-state index is 14.0. The number of Topliss-reactive ketones (excluding diaryl/α,β-unsaturated/α-hetero) is 1. The molecule has 1 aliphatic rings. The molecule has 1 N–H and O–H groups in total. The van der Waals surface area contributed by atoms with Gasteiger partial charge in [0.05, 0.1) is 25.8 Å². The van der Waals surface area contributed by atoms with Crippen LogP contribution in [0.5, 0.6) is 0 Å². The Bertz CT molecular complexity index is 1510. The summed E-state index contributed by atoms with van der Waals surface area (Å²) in [5.41, 5.74) is 2.02. The molecule has 1 unspecified atom stereocenters. The monoisotopic (exact) mass is 605 g/mol. The summed E-state index contributed by atoms with van der Waals surface area (Å²) in [6, 6.07) is 16.8. The van der Waals surface area contributed by atoms with Crippen LogP contribution in [0.15, 0.2) is 65.6 Å². The average Bonchev–Trinajstić information content (AvgIpc) is 2.82. The number of fused-ring (bicyclic) bond motifs is 1. The molecule has 39 heavy (non-hydrogen) atoms. The number of hydrogen-bond acceptors (Lipinski definition) is 4. The molecule has 0 aromatic heterocycles. The van der Waals surface area contributed by atoms with Crippen LogP contribution in [0, 0.1) is 5.92 Å². The Kier molecular flexibility index (Phi) is 8.82. The van der Waals surface area contributed by atoms with Gasteiger partial charge in [-0.05, 0) is 86.1 Å². The van der Waals surface area contributed by atoms with Crippen molar-refractivity contribution in [1.82, 2.24) is 5.32 Å². The molecular weight excluding hydrogens is 577 g/mol. The summed E-state index contributed by atoms with van der Waals surface area (Å²) in [4.78, 5) is 25.0. The van der Waals surface area contributed by atoms with E-state index in [0.717, 1.165) is 5.56 Å². The average molecular weight is 607 g/mol. The van der Waals surface area contributed by atoms with Crippen molar-refractivity contribution in [3.05, 3.63) is 98.0 Å². The fourth-order valence-electron chi connectivity index (χ4n) is 5.61. The summed E-state index contributed by atoms with van der Waals surface area (Å²) in [5, 5.41) is 3.03. The molecule has 1 amide bonds. The fraction of sp³-hybridized carbons (Fsp3) is 0.333. The highest BCUT2D eigenvalue weighted by atomic mass is 35.5. The van der Waals surface area contributed by atoms with Crippen LogP contribution in [0.3, 0.4) is 0 Å². The van der Waals surface area contributed by atoms with Crippen molar-refractivity contribution < 1.29 is 18.0 Å². The first kappa shape index (κ1) is 29.6. The van der Waals surface area contributed by atoms with Gasteiger partial charge in [-0.25, -0.2) is 8.42 Å². The first-order valence-corrected chi connectivity index (χ1v) is 15.3. The standard InChI is InChI=1S/C30H30Cl3NO4S/c1-18(35)34-30(2,3)17-20-12-21-11-10-19(14-27(36)29-25(32)8-5-9-26(29)33)13-24(21)28(15-20)39(37,38)23-7-4-6-22(31)16-23/h4-11,13,16,20,28H,12,14-15,17H2,1-3H3,(H,34,35)/t20-,28?/m1/s1. The van der Waals surface area contributed by atoms with Gasteiger partial charge in [-0.15, -0.1) is 0 Å². The van der Waals surface area contributed by atoms with E-state index in [1.807, 2.05) is 32.0 Å². The number of ketones is 1. The van der Waals surface area contributed by atoms with Crippen LogP contribution >= 0.6 is 34.8 Å². The molecule has 0 heterocycles. The minimum absolute atomic E-state index is 0.00715. The Morgan fingerprint density at radius 1 is 0.974 bits per heavy atom. The van der Waals surface area contributed by atoms with Crippen molar-refractivity contribution in [2.75, 3.05) is 0 Å². The number of amides is 1. The number of hydrogen-bond donors (Lipinski definition) is 1. The number of nitrogens with one attached hydrogen (secondary N) is 1. The van der Waals surface area contributed by atoms with Crippen LogP contribution in [0.25, 0.3) is 0 Å². The van der Waals surface area contributed by atoms with E-state index in [0.29, 0.717) is 35.4 Å². The number of benzene rings is 3. The third-order valence-corrected chi connectivity index (χ3v) is 10.0. The second-order valence-corrected chi connectivity index (χ2v) is 14.2. The van der Waals surface area contributed by atoms with Gasteiger partial charge in [-0.2, -0.15) is 0 Å². The van der Waals surface area contributed by atoms with Gasteiger partial charge < -0.3 is 5.32 Å². The SMILES string of the molecule is CC(=O)NC(C)(C)C[C@@H]1Cc2ccc(CC(=O)c3c(Cl)cccc3Cl)cc2C(S(=O)(=O)c2cccc(Cl)c2)C1. The highest BCUT2D eigenvalue weighted by Gasteiger charge is 2.39. The first-order chi connectivity index (χ1) is 18.3. The Labute approximate surface area is 244 Å². The maximum Gasteiger partial charge on any atom is 0.217 e. The Morgan fingerprint density at radius 2 is 1.64 bits per heavy atom. The predicted octanol–water partition coefficient (Wildman–Crippen LogP) is 7.45. The molecule has 0 fully saturated rings. The molecule has 206 valence electrons. The highest BCUT2D eigenvalue weighted by molar-refractivity contribution is 7.91. The third-order valence-electron chi connectivity index (χ3n) is 7.03. The summed E-state index contributed by atoms with van der Waals surface area (Å²) in [5.74, 6) is -0.370. The lowest BCUT2D eigenvalue weighted by molar-refractivity contribution is -0.120. The number of halogens is 3. The molecule has 0 spiro atoms. The Hall–Kier alpha value is -2.38. The van der Waals surface area contributed by atoms with E-state index in [1.165, 1.54) is 13.0 Å². The van der Waals surface area contributed by atoms with Crippen molar-refractivity contribution in [2.24, 2.45) is 5.92 Å². The minimum atomic E-state index is -3.82. The lowest BCUT2D eigenvalue weighted by Gasteiger charge is -2.36. The molecule has 0 aliphatic heterocycles. The van der Waals surface area contributed by atoms with Crippen LogP contribution in [0.1, 0.15) is 65.9 Å². The van der Waals surface area contributed by atoms with Crippen LogP contribution in [0.2, 0.25) is 15.1 Å². The van der Waals surface area contributed by atoms with Crippen molar-refractivity contribution in [2.45, 2.75) is 62.1 Å². The van der Waals surface area contributed by atoms with E-state index >= 15 is 0 Å². The minimum Gasteiger partial charge on any atom is -0.351 e. The van der Waals surface area contributed by atoms with Gasteiger partial charge in [-0.1, -0.05) is 65.1 Å². The lowest BCUT2D eigenvalue weighted by Crippen LogP contribution is -2.44. The molecular formula is C30H30Cl3NO4S. The molecule has 3 aromatic rings. The molecule has 3 aromatic carbocycles. The van der Waals surface area contributed by atoms with Crippen LogP contribution in [-0.2, 0) is 27.5 Å². The summed E-state index contributed by atoms with van der Waals surface area (Å²) >= 11 is 18.7. The topological polar surface area (TPSA) is 80.3 Å². The molecule has 4 rings (SSSR count). The molecule has 0 bridgehead atoms. The van der Waals surface area contributed by atoms with Crippen LogP contribution in [-0.4, -0.2) is 25.6 Å². The smallest absolute Gasteiger partial charge is 0.217 e. The van der Waals surface area contributed by atoms with Gasteiger partial charge in [0, 0.05) is 23.9 Å². The van der Waals surface area contributed by atoms with Crippen molar-refractivity contribution in [3.8, 4) is 0 Å². The molecule has 5 nitrogen and oxygen atoms in total. The summed E-state index contributed by atoms with van der Waals surface area (Å²) in [7, 11) is -3.82. The zero-order valence-electron chi connectivity index (χ0n) is 21.9. The zero-order chi connectivity index (χ0) is 28.5. The lowest BCUT2D eigenvalue weighted by atomic mass is 9.77. The molecule has 1 aliphatic carbocycles. The van der Waals surface area contributed by atoms with Crippen molar-refractivity contribution in [1.29, 1.82) is 0 Å². The second kappa shape index (κ2) is 11.6. The van der Waals surface area contributed by atoms with E-state index in [4.69, 9.17) is 34.8 Å². The van der Waals surface area contributed by atoms with Gasteiger partial charge in [0.25, 0.3) is 0 Å². The first-order valence-electron chi connectivity index (χ1n) is 12.6. The van der Waals surface area contributed by atoms with Crippen molar-refractivity contribution >= 4 is 56.3 Å². The van der Waals surface area contributed by atoms with E-state index in [9.17, 15) is 18.0 Å².